The van der Waals surface area contributed by atoms with Crippen LogP contribution in [0.15, 0.2) is 58.6 Å². The smallest absolute Gasteiger partial charge is 0.229 e. The highest BCUT2D eigenvalue weighted by molar-refractivity contribution is 7.99. The van der Waals surface area contributed by atoms with E-state index in [-0.39, 0.29) is 5.02 Å². The summed E-state index contributed by atoms with van der Waals surface area (Å²) in [5.41, 5.74) is 1.07. The molecular formula is C21H21ClFN5O3S2. The first-order valence-corrected chi connectivity index (χ1v) is 13.0. The Kier molecular flexibility index (Phi) is 7.23. The normalized spacial score (nSPS) is 14.2. The van der Waals surface area contributed by atoms with Crippen LogP contribution in [-0.4, -0.2) is 50.9 Å². The molecule has 174 valence electrons. The van der Waals surface area contributed by atoms with Gasteiger partial charge in [0.05, 0.1) is 24.5 Å². The van der Waals surface area contributed by atoms with Crippen molar-refractivity contribution < 1.29 is 17.5 Å². The molecule has 0 atom stereocenters. The number of rotatable bonds is 7. The molecule has 0 bridgehead atoms. The number of hydrogen-bond acceptors (Lipinski definition) is 8. The van der Waals surface area contributed by atoms with Crippen LogP contribution in [0.25, 0.3) is 0 Å². The summed E-state index contributed by atoms with van der Waals surface area (Å²) in [6, 6.07) is 13.1. The molecule has 2 aromatic carbocycles. The maximum absolute atomic E-state index is 13.5. The average molecular weight is 510 g/mol. The van der Waals surface area contributed by atoms with Gasteiger partial charge in [0, 0.05) is 35.4 Å². The zero-order chi connectivity index (χ0) is 23.4. The molecular weight excluding hydrogens is 489 g/mol. The third kappa shape index (κ3) is 6.70. The Balaban J connectivity index is 1.60. The van der Waals surface area contributed by atoms with Crippen LogP contribution in [-0.2, 0) is 14.8 Å². The summed E-state index contributed by atoms with van der Waals surface area (Å²) < 4.78 is 44.2. The lowest BCUT2D eigenvalue weighted by Crippen LogP contribution is -2.36. The predicted octanol–water partition coefficient (Wildman–Crippen LogP) is 4.37. The molecule has 2 heterocycles. The molecule has 2 N–H and O–H groups in total. The third-order valence-corrected chi connectivity index (χ3v) is 6.36. The van der Waals surface area contributed by atoms with Crippen LogP contribution in [0.1, 0.15) is 0 Å². The highest BCUT2D eigenvalue weighted by Gasteiger charge is 2.16. The van der Waals surface area contributed by atoms with E-state index in [0.29, 0.717) is 48.7 Å². The number of halogens is 2. The Morgan fingerprint density at radius 1 is 1.06 bits per heavy atom. The number of sulfonamides is 1. The fourth-order valence-electron chi connectivity index (χ4n) is 3.11. The van der Waals surface area contributed by atoms with E-state index in [1.165, 1.54) is 23.9 Å². The minimum Gasteiger partial charge on any atom is -0.378 e. The Morgan fingerprint density at radius 3 is 2.42 bits per heavy atom. The van der Waals surface area contributed by atoms with E-state index in [1.54, 1.807) is 30.3 Å². The second kappa shape index (κ2) is 10.1. The van der Waals surface area contributed by atoms with Gasteiger partial charge in [-0.2, -0.15) is 0 Å². The van der Waals surface area contributed by atoms with Crippen molar-refractivity contribution in [2.24, 2.45) is 0 Å². The summed E-state index contributed by atoms with van der Waals surface area (Å²) in [5.74, 6) is 0.776. The topological polar surface area (TPSA) is 96.5 Å². The minimum atomic E-state index is -3.35. The van der Waals surface area contributed by atoms with Gasteiger partial charge in [-0.3, -0.25) is 4.72 Å². The molecule has 0 saturated carbocycles. The minimum absolute atomic E-state index is 0.0138. The molecule has 0 amide bonds. The van der Waals surface area contributed by atoms with E-state index in [4.69, 9.17) is 21.3 Å². The summed E-state index contributed by atoms with van der Waals surface area (Å²) in [5, 5.41) is 3.67. The number of anilines is 4. The van der Waals surface area contributed by atoms with Gasteiger partial charge >= 0.3 is 0 Å². The van der Waals surface area contributed by atoms with Gasteiger partial charge in [0.15, 0.2) is 5.16 Å². The van der Waals surface area contributed by atoms with Crippen LogP contribution in [0, 0.1) is 5.82 Å². The molecule has 0 spiro atoms. The van der Waals surface area contributed by atoms with Crippen LogP contribution < -0.4 is 14.9 Å². The first kappa shape index (κ1) is 23.6. The van der Waals surface area contributed by atoms with Crippen molar-refractivity contribution in [3.63, 3.8) is 0 Å². The summed E-state index contributed by atoms with van der Waals surface area (Å²) in [4.78, 5) is 12.2. The van der Waals surface area contributed by atoms with Crippen LogP contribution in [0.3, 0.4) is 0 Å². The van der Waals surface area contributed by atoms with Crippen LogP contribution in [0.4, 0.5) is 27.4 Å². The largest absolute Gasteiger partial charge is 0.378 e. The highest BCUT2D eigenvalue weighted by Crippen LogP contribution is 2.31. The third-order valence-electron chi connectivity index (χ3n) is 4.59. The fraction of sp³-hybridized carbons (Fsp3) is 0.238. The van der Waals surface area contributed by atoms with E-state index >= 15 is 0 Å². The Hall–Kier alpha value is -2.60. The molecule has 1 saturated heterocycles. The van der Waals surface area contributed by atoms with Crippen LogP contribution >= 0.6 is 23.4 Å². The van der Waals surface area contributed by atoms with Crippen molar-refractivity contribution in [2.45, 2.75) is 10.1 Å². The maximum Gasteiger partial charge on any atom is 0.229 e. The monoisotopic (exact) mass is 509 g/mol. The Labute approximate surface area is 200 Å². The number of aromatic nitrogens is 2. The van der Waals surface area contributed by atoms with Crippen molar-refractivity contribution >= 4 is 56.4 Å². The maximum atomic E-state index is 13.5. The second-order valence-corrected chi connectivity index (χ2v) is 10.4. The molecule has 1 aliphatic heterocycles. The van der Waals surface area contributed by atoms with E-state index in [1.807, 2.05) is 6.07 Å². The fourth-order valence-corrected chi connectivity index (χ4v) is 4.62. The second-order valence-electron chi connectivity index (χ2n) is 7.25. The zero-order valence-corrected chi connectivity index (χ0v) is 20.0. The molecule has 0 unspecified atom stereocenters. The lowest BCUT2D eigenvalue weighted by atomic mass is 10.3. The first-order chi connectivity index (χ1) is 15.7. The molecule has 4 rings (SSSR count). The van der Waals surface area contributed by atoms with E-state index in [2.05, 4.69) is 19.9 Å². The standard InChI is InChI=1S/C21H21ClFN5O3S2/c1-33(29,30)27-14-2-5-16(6-3-14)32-21-25-19(24-15-4-7-18(23)17(22)12-15)13-20(26-21)28-8-10-31-11-9-28/h2-7,12-13,27H,8-11H2,1H3,(H,24,25,26). The highest BCUT2D eigenvalue weighted by atomic mass is 35.5. The predicted molar refractivity (Wildman–Crippen MR) is 129 cm³/mol. The van der Waals surface area contributed by atoms with Crippen molar-refractivity contribution in [2.75, 3.05) is 47.5 Å². The van der Waals surface area contributed by atoms with E-state index < -0.39 is 15.8 Å². The number of nitrogens with one attached hydrogen (secondary N) is 2. The molecule has 1 fully saturated rings. The lowest BCUT2D eigenvalue weighted by Gasteiger charge is -2.28. The molecule has 0 aliphatic carbocycles. The van der Waals surface area contributed by atoms with E-state index in [9.17, 15) is 12.8 Å². The van der Waals surface area contributed by atoms with Crippen molar-refractivity contribution in [3.05, 3.63) is 59.4 Å². The molecule has 8 nitrogen and oxygen atoms in total. The van der Waals surface area contributed by atoms with Gasteiger partial charge in [-0.05, 0) is 54.2 Å². The molecule has 3 aromatic rings. The zero-order valence-electron chi connectivity index (χ0n) is 17.6. The molecule has 33 heavy (non-hydrogen) atoms. The van der Waals surface area contributed by atoms with Gasteiger partial charge in [-0.25, -0.2) is 22.8 Å². The van der Waals surface area contributed by atoms with Gasteiger partial charge < -0.3 is 15.0 Å². The lowest BCUT2D eigenvalue weighted by molar-refractivity contribution is 0.122. The first-order valence-electron chi connectivity index (χ1n) is 9.95. The quantitative estimate of drug-likeness (QED) is 0.453. The average Bonchev–Trinajstić information content (AvgIpc) is 2.77. The van der Waals surface area contributed by atoms with Gasteiger partial charge in [-0.1, -0.05) is 11.6 Å². The number of hydrogen-bond donors (Lipinski definition) is 2. The number of benzene rings is 2. The van der Waals surface area contributed by atoms with Gasteiger partial charge in [0.2, 0.25) is 10.0 Å². The summed E-state index contributed by atoms with van der Waals surface area (Å²) in [7, 11) is -3.35. The van der Waals surface area contributed by atoms with E-state index in [0.717, 1.165) is 17.0 Å². The van der Waals surface area contributed by atoms with Gasteiger partial charge in [0.25, 0.3) is 0 Å². The summed E-state index contributed by atoms with van der Waals surface area (Å²) in [6.07, 6.45) is 1.10. The van der Waals surface area contributed by atoms with Crippen molar-refractivity contribution in [3.8, 4) is 0 Å². The molecule has 1 aromatic heterocycles. The number of nitrogens with zero attached hydrogens (tertiary/aromatic N) is 3. The Morgan fingerprint density at radius 2 is 1.76 bits per heavy atom. The molecule has 1 aliphatic rings. The molecule has 0 radical (unpaired) electrons. The van der Waals surface area contributed by atoms with Crippen LogP contribution in [0.5, 0.6) is 0 Å². The number of ether oxygens (including phenoxy) is 1. The number of morpholine rings is 1. The Bertz CT molecular complexity index is 1240. The van der Waals surface area contributed by atoms with Crippen molar-refractivity contribution in [1.82, 2.24) is 9.97 Å². The summed E-state index contributed by atoms with van der Waals surface area (Å²) >= 11 is 7.25. The van der Waals surface area contributed by atoms with Crippen molar-refractivity contribution in [1.29, 1.82) is 0 Å². The van der Waals surface area contributed by atoms with Gasteiger partial charge in [0.1, 0.15) is 17.5 Å². The van der Waals surface area contributed by atoms with Gasteiger partial charge in [-0.15, -0.1) is 0 Å². The summed E-state index contributed by atoms with van der Waals surface area (Å²) in [6.45, 7) is 2.62. The SMILES string of the molecule is CS(=O)(=O)Nc1ccc(Sc2nc(Nc3ccc(F)c(Cl)c3)cc(N3CCOCC3)n2)cc1. The molecule has 12 heteroatoms. The van der Waals surface area contributed by atoms with Crippen LogP contribution in [0.2, 0.25) is 5.02 Å².